The Morgan fingerprint density at radius 3 is 2.55 bits per heavy atom. The van der Waals surface area contributed by atoms with E-state index in [1.807, 2.05) is 0 Å². The van der Waals surface area contributed by atoms with Crippen molar-refractivity contribution in [3.63, 3.8) is 0 Å². The lowest BCUT2D eigenvalue weighted by Gasteiger charge is -2.08. The number of hydrogen-bond donors (Lipinski definition) is 2. The molecule has 0 saturated heterocycles. The number of hydrogen-bond acceptors (Lipinski definition) is 6. The van der Waals surface area contributed by atoms with Gasteiger partial charge < -0.3 is 10.1 Å². The molecule has 152 valence electrons. The normalized spacial score (nSPS) is 12.0. The standard InChI is InChI=1S/C20H17N3O4S2.2H2/c1-11(2)29(26,27)14-5-3-12(4-6-14)16-9-22-19-18(23-16)15(8-21-19)13-7-17(20(24)25)28-10-13;;/h3-11H,1-2H3,(H,21,22)(H,24,25);2*1H. The van der Waals surface area contributed by atoms with E-state index >= 15 is 0 Å². The maximum absolute atomic E-state index is 12.3. The van der Waals surface area contributed by atoms with Gasteiger partial charge >= 0.3 is 5.97 Å². The summed E-state index contributed by atoms with van der Waals surface area (Å²) in [5, 5.41) is 10.4. The molecule has 4 rings (SSSR count). The number of benzene rings is 1. The molecule has 0 aliphatic heterocycles. The summed E-state index contributed by atoms with van der Waals surface area (Å²) >= 11 is 1.15. The highest BCUT2D eigenvalue weighted by molar-refractivity contribution is 7.92. The first-order valence-electron chi connectivity index (χ1n) is 8.78. The minimum atomic E-state index is -3.34. The molecule has 29 heavy (non-hydrogen) atoms. The smallest absolute Gasteiger partial charge is 0.345 e. The molecular formula is C20H21N3O4S2. The maximum Gasteiger partial charge on any atom is 0.345 e. The molecule has 0 atom stereocenters. The van der Waals surface area contributed by atoms with Crippen LogP contribution in [0, 0.1) is 0 Å². The Morgan fingerprint density at radius 1 is 1.21 bits per heavy atom. The van der Waals surface area contributed by atoms with E-state index in [1.165, 1.54) is 0 Å². The SMILES string of the molecule is CC(C)S(=O)(=O)c1ccc(-c2cnc3[nH]cc(-c4csc(C(=O)O)c4)c3n2)cc1.[HH].[HH]. The van der Waals surface area contributed by atoms with E-state index < -0.39 is 21.1 Å². The van der Waals surface area contributed by atoms with Gasteiger partial charge in [0.15, 0.2) is 15.5 Å². The first-order chi connectivity index (χ1) is 13.8. The van der Waals surface area contributed by atoms with Crippen LogP contribution >= 0.6 is 11.3 Å². The number of nitrogens with zero attached hydrogens (tertiary/aromatic N) is 2. The van der Waals surface area contributed by atoms with Crippen LogP contribution in [0.1, 0.15) is 26.4 Å². The fourth-order valence-electron chi connectivity index (χ4n) is 2.93. The fourth-order valence-corrected chi connectivity index (χ4v) is 4.73. The molecule has 0 spiro atoms. The third-order valence-corrected chi connectivity index (χ3v) is 7.69. The molecule has 0 unspecified atom stereocenters. The predicted octanol–water partition coefficient (Wildman–Crippen LogP) is 4.73. The third kappa shape index (κ3) is 3.43. The van der Waals surface area contributed by atoms with Crippen LogP contribution in [0.2, 0.25) is 0 Å². The van der Waals surface area contributed by atoms with Gasteiger partial charge in [-0.3, -0.25) is 0 Å². The lowest BCUT2D eigenvalue weighted by Crippen LogP contribution is -2.13. The summed E-state index contributed by atoms with van der Waals surface area (Å²) in [4.78, 5) is 23.8. The molecule has 0 aliphatic carbocycles. The van der Waals surface area contributed by atoms with Crippen LogP contribution in [-0.2, 0) is 9.84 Å². The molecule has 1 aromatic carbocycles. The number of thiophene rings is 1. The van der Waals surface area contributed by atoms with Crippen LogP contribution < -0.4 is 0 Å². The van der Waals surface area contributed by atoms with E-state index in [1.54, 1.807) is 62.0 Å². The number of aromatic amines is 1. The molecule has 3 heterocycles. The van der Waals surface area contributed by atoms with Crippen molar-refractivity contribution < 1.29 is 21.2 Å². The summed E-state index contributed by atoms with van der Waals surface area (Å²) in [6.07, 6.45) is 3.37. The highest BCUT2D eigenvalue weighted by Gasteiger charge is 2.19. The molecule has 7 nitrogen and oxygen atoms in total. The number of fused-ring (bicyclic) bond motifs is 1. The maximum atomic E-state index is 12.3. The van der Waals surface area contributed by atoms with Gasteiger partial charge in [-0.1, -0.05) is 12.1 Å². The van der Waals surface area contributed by atoms with Gasteiger partial charge in [-0.2, -0.15) is 0 Å². The number of H-pyrrole nitrogens is 1. The van der Waals surface area contributed by atoms with Crippen molar-refractivity contribution in [2.45, 2.75) is 24.0 Å². The number of carbonyl (C=O) groups is 1. The zero-order chi connectivity index (χ0) is 20.8. The molecule has 0 aliphatic rings. The zero-order valence-corrected chi connectivity index (χ0v) is 17.2. The minimum absolute atomic E-state index is 0. The van der Waals surface area contributed by atoms with Gasteiger partial charge in [0.25, 0.3) is 0 Å². The van der Waals surface area contributed by atoms with Crippen molar-refractivity contribution in [3.8, 4) is 22.4 Å². The number of rotatable bonds is 5. The lowest BCUT2D eigenvalue weighted by atomic mass is 10.1. The van der Waals surface area contributed by atoms with Gasteiger partial charge in [-0.05, 0) is 43.0 Å². The van der Waals surface area contributed by atoms with Gasteiger partial charge in [0.2, 0.25) is 0 Å². The summed E-state index contributed by atoms with van der Waals surface area (Å²) in [5.74, 6) is -0.968. The van der Waals surface area contributed by atoms with E-state index in [-0.39, 0.29) is 12.6 Å². The molecule has 0 fully saturated rings. The van der Waals surface area contributed by atoms with Crippen LogP contribution in [0.5, 0.6) is 0 Å². The lowest BCUT2D eigenvalue weighted by molar-refractivity contribution is 0.0702. The number of carboxylic acids is 1. The second-order valence-electron chi connectivity index (χ2n) is 6.78. The van der Waals surface area contributed by atoms with Crippen LogP contribution in [0.15, 0.2) is 53.0 Å². The summed E-state index contributed by atoms with van der Waals surface area (Å²) in [6, 6.07) is 8.18. The monoisotopic (exact) mass is 431 g/mol. The minimum Gasteiger partial charge on any atom is -0.477 e. The van der Waals surface area contributed by atoms with E-state index in [0.29, 0.717) is 16.9 Å². The van der Waals surface area contributed by atoms with E-state index in [4.69, 9.17) is 5.11 Å². The van der Waals surface area contributed by atoms with Crippen LogP contribution in [0.25, 0.3) is 33.5 Å². The molecule has 2 N–H and O–H groups in total. The topological polar surface area (TPSA) is 113 Å². The highest BCUT2D eigenvalue weighted by Crippen LogP contribution is 2.32. The molecule has 0 saturated carbocycles. The summed E-state index contributed by atoms with van der Waals surface area (Å²) in [5.41, 5.74) is 4.06. The van der Waals surface area contributed by atoms with Crippen molar-refractivity contribution in [3.05, 3.63) is 53.0 Å². The Morgan fingerprint density at radius 2 is 1.93 bits per heavy atom. The molecule has 0 bridgehead atoms. The molecular weight excluding hydrogens is 410 g/mol. The van der Waals surface area contributed by atoms with Gasteiger partial charge in [0.1, 0.15) is 10.4 Å². The molecule has 0 radical (unpaired) electrons. The Hall–Kier alpha value is -3.04. The summed E-state index contributed by atoms with van der Waals surface area (Å²) < 4.78 is 24.6. The van der Waals surface area contributed by atoms with E-state index in [2.05, 4.69) is 15.0 Å². The number of aromatic carboxylic acids is 1. The Balaban J connectivity index is 0.00000171. The van der Waals surface area contributed by atoms with Crippen LogP contribution in [-0.4, -0.2) is 39.7 Å². The van der Waals surface area contributed by atoms with E-state index in [0.717, 1.165) is 28.0 Å². The molecule has 9 heteroatoms. The average molecular weight is 432 g/mol. The van der Waals surface area contributed by atoms with Crippen molar-refractivity contribution in [2.24, 2.45) is 0 Å². The Bertz CT molecular complexity index is 1330. The quantitative estimate of drug-likeness (QED) is 0.472. The van der Waals surface area contributed by atoms with Crippen molar-refractivity contribution in [2.75, 3.05) is 0 Å². The molecule has 0 amide bonds. The number of carboxylic acid groups (broad SMARTS) is 1. The number of aromatic nitrogens is 3. The average Bonchev–Trinajstić information content (AvgIpc) is 3.34. The van der Waals surface area contributed by atoms with Gasteiger partial charge in [0.05, 0.1) is 22.0 Å². The Kier molecular flexibility index (Phi) is 4.71. The first kappa shape index (κ1) is 19.3. The Labute approximate surface area is 174 Å². The molecule has 3 aromatic heterocycles. The van der Waals surface area contributed by atoms with Gasteiger partial charge in [-0.15, -0.1) is 11.3 Å². The van der Waals surface area contributed by atoms with Crippen LogP contribution in [0.4, 0.5) is 0 Å². The fraction of sp³-hybridized carbons (Fsp3) is 0.150. The number of nitrogens with one attached hydrogen (secondary N) is 1. The first-order valence-corrected chi connectivity index (χ1v) is 11.2. The summed E-state index contributed by atoms with van der Waals surface area (Å²) in [7, 11) is -3.34. The summed E-state index contributed by atoms with van der Waals surface area (Å²) in [6.45, 7) is 3.30. The van der Waals surface area contributed by atoms with Crippen molar-refractivity contribution in [1.29, 1.82) is 0 Å². The zero-order valence-electron chi connectivity index (χ0n) is 15.6. The van der Waals surface area contributed by atoms with Crippen molar-refractivity contribution in [1.82, 2.24) is 15.0 Å². The number of sulfone groups is 1. The van der Waals surface area contributed by atoms with Gasteiger partial charge in [0, 0.05) is 20.2 Å². The van der Waals surface area contributed by atoms with E-state index in [9.17, 15) is 13.2 Å². The van der Waals surface area contributed by atoms with Crippen molar-refractivity contribution >= 4 is 38.3 Å². The second kappa shape index (κ2) is 7.09. The van der Waals surface area contributed by atoms with Gasteiger partial charge in [-0.25, -0.2) is 23.2 Å². The highest BCUT2D eigenvalue weighted by atomic mass is 32.2. The largest absolute Gasteiger partial charge is 0.477 e. The predicted molar refractivity (Wildman–Crippen MR) is 116 cm³/mol. The van der Waals surface area contributed by atoms with Crippen LogP contribution in [0.3, 0.4) is 0 Å². The molecule has 4 aromatic rings. The second-order valence-corrected chi connectivity index (χ2v) is 10.2. The third-order valence-electron chi connectivity index (χ3n) is 4.60.